The number of hydrogen-bond donors (Lipinski definition) is 3. The summed E-state index contributed by atoms with van der Waals surface area (Å²) in [4.78, 5) is 12.7. The third-order valence-electron chi connectivity index (χ3n) is 3.80. The molecule has 1 aliphatic rings. The molecule has 20 heavy (non-hydrogen) atoms. The molecule has 7 heteroatoms. The van der Waals surface area contributed by atoms with Gasteiger partial charge in [-0.25, -0.2) is 0 Å². The van der Waals surface area contributed by atoms with Crippen molar-refractivity contribution in [3.05, 3.63) is 33.9 Å². The van der Waals surface area contributed by atoms with E-state index in [0.29, 0.717) is 12.2 Å². The number of rotatable bonds is 5. The normalized spacial score (nSPS) is 19.8. The lowest BCUT2D eigenvalue weighted by atomic mass is 10.0. The van der Waals surface area contributed by atoms with Crippen LogP contribution in [-0.4, -0.2) is 34.1 Å². The average molecular weight is 280 g/mol. The summed E-state index contributed by atoms with van der Waals surface area (Å²) in [6.07, 6.45) is 3.15. The molecule has 0 amide bonds. The molecular weight excluding hydrogens is 260 g/mol. The van der Waals surface area contributed by atoms with Crippen LogP contribution in [0.15, 0.2) is 18.2 Å². The minimum Gasteiger partial charge on any atom is -0.395 e. The minimum atomic E-state index is -0.446. The maximum absolute atomic E-state index is 11.0. The predicted octanol–water partition coefficient (Wildman–Crippen LogP) is 1.23. The summed E-state index contributed by atoms with van der Waals surface area (Å²) in [7, 11) is 0. The molecular formula is C13H20N4O3. The number of nitrogens with one attached hydrogen (secondary N) is 1. The van der Waals surface area contributed by atoms with Crippen molar-refractivity contribution in [1.29, 1.82) is 0 Å². The molecule has 1 aliphatic heterocycles. The number of likely N-dealkylation sites (tertiary alicyclic amines) is 1. The third-order valence-corrected chi connectivity index (χ3v) is 3.80. The number of para-hydroxylation sites is 1. The lowest BCUT2D eigenvalue weighted by Crippen LogP contribution is -2.41. The number of piperidine rings is 1. The van der Waals surface area contributed by atoms with E-state index in [-0.39, 0.29) is 18.3 Å². The van der Waals surface area contributed by atoms with E-state index in [0.717, 1.165) is 31.4 Å². The van der Waals surface area contributed by atoms with Gasteiger partial charge in [0.15, 0.2) is 0 Å². The van der Waals surface area contributed by atoms with E-state index in [1.165, 1.54) is 6.07 Å². The summed E-state index contributed by atoms with van der Waals surface area (Å²) in [5, 5.41) is 20.4. The number of nitrogens with zero attached hydrogens (tertiary/aromatic N) is 2. The minimum absolute atomic E-state index is 0.0254. The number of nitro groups is 1. The maximum Gasteiger partial charge on any atom is 0.293 e. The quantitative estimate of drug-likeness (QED) is 0.425. The molecule has 110 valence electrons. The van der Waals surface area contributed by atoms with Crippen molar-refractivity contribution >= 4 is 11.4 Å². The zero-order valence-corrected chi connectivity index (χ0v) is 11.3. The van der Waals surface area contributed by atoms with Crippen LogP contribution in [0.1, 0.15) is 24.8 Å². The smallest absolute Gasteiger partial charge is 0.293 e. The highest BCUT2D eigenvalue weighted by Crippen LogP contribution is 2.29. The van der Waals surface area contributed by atoms with Crippen molar-refractivity contribution in [3.63, 3.8) is 0 Å². The Labute approximate surface area is 117 Å². The van der Waals surface area contributed by atoms with Crippen LogP contribution in [-0.2, 0) is 6.54 Å². The monoisotopic (exact) mass is 280 g/mol. The van der Waals surface area contributed by atoms with Crippen molar-refractivity contribution in [2.24, 2.45) is 5.84 Å². The Morgan fingerprint density at radius 1 is 1.50 bits per heavy atom. The first kappa shape index (κ1) is 14.7. The van der Waals surface area contributed by atoms with Gasteiger partial charge in [0, 0.05) is 18.7 Å². The van der Waals surface area contributed by atoms with E-state index in [4.69, 9.17) is 5.84 Å². The van der Waals surface area contributed by atoms with Gasteiger partial charge in [0.1, 0.15) is 5.69 Å². The van der Waals surface area contributed by atoms with Gasteiger partial charge in [0.2, 0.25) is 0 Å². The molecule has 1 aromatic rings. The van der Waals surface area contributed by atoms with Crippen molar-refractivity contribution in [2.75, 3.05) is 18.6 Å². The van der Waals surface area contributed by atoms with Crippen LogP contribution in [0.5, 0.6) is 0 Å². The van der Waals surface area contributed by atoms with E-state index in [1.807, 2.05) is 6.07 Å². The number of hydrazine groups is 1. The number of anilines is 1. The van der Waals surface area contributed by atoms with E-state index >= 15 is 0 Å². The summed E-state index contributed by atoms with van der Waals surface area (Å²) < 4.78 is 0. The number of hydrogen-bond acceptors (Lipinski definition) is 6. The van der Waals surface area contributed by atoms with Crippen molar-refractivity contribution < 1.29 is 10.0 Å². The summed E-state index contributed by atoms with van der Waals surface area (Å²) in [6, 6.07) is 5.03. The molecule has 1 heterocycles. The molecule has 0 aliphatic carbocycles. The fourth-order valence-electron chi connectivity index (χ4n) is 2.73. The molecule has 0 bridgehead atoms. The SMILES string of the molecule is NNc1c(CN2CCCCC2CO)cccc1[N+](=O)[O-]. The van der Waals surface area contributed by atoms with Gasteiger partial charge in [-0.3, -0.25) is 20.9 Å². The van der Waals surface area contributed by atoms with Gasteiger partial charge in [0.25, 0.3) is 5.69 Å². The van der Waals surface area contributed by atoms with Gasteiger partial charge in [-0.2, -0.15) is 0 Å². The Kier molecular flexibility index (Phi) is 4.89. The molecule has 1 atom stereocenters. The average Bonchev–Trinajstić information content (AvgIpc) is 2.47. The van der Waals surface area contributed by atoms with Crippen LogP contribution in [0, 0.1) is 10.1 Å². The Morgan fingerprint density at radius 3 is 2.95 bits per heavy atom. The summed E-state index contributed by atoms with van der Waals surface area (Å²) >= 11 is 0. The van der Waals surface area contributed by atoms with E-state index in [2.05, 4.69) is 10.3 Å². The zero-order valence-electron chi connectivity index (χ0n) is 11.3. The van der Waals surface area contributed by atoms with E-state index in [9.17, 15) is 15.2 Å². The Balaban J connectivity index is 2.24. The van der Waals surface area contributed by atoms with Crippen LogP contribution < -0.4 is 11.3 Å². The van der Waals surface area contributed by atoms with Crippen LogP contribution in [0.25, 0.3) is 0 Å². The number of nitrogen functional groups attached to an aromatic ring is 1. The fraction of sp³-hybridized carbons (Fsp3) is 0.538. The summed E-state index contributed by atoms with van der Waals surface area (Å²) in [5.74, 6) is 5.44. The highest BCUT2D eigenvalue weighted by Gasteiger charge is 2.24. The predicted molar refractivity (Wildman–Crippen MR) is 76.0 cm³/mol. The van der Waals surface area contributed by atoms with E-state index in [1.54, 1.807) is 6.07 Å². The zero-order chi connectivity index (χ0) is 14.5. The molecule has 2 rings (SSSR count). The fourth-order valence-corrected chi connectivity index (χ4v) is 2.73. The summed E-state index contributed by atoms with van der Waals surface area (Å²) in [5.41, 5.74) is 3.54. The lowest BCUT2D eigenvalue weighted by molar-refractivity contribution is -0.384. The first-order valence-corrected chi connectivity index (χ1v) is 6.75. The van der Waals surface area contributed by atoms with Gasteiger partial charge < -0.3 is 10.5 Å². The topological polar surface area (TPSA) is 105 Å². The Hall–Kier alpha value is -1.70. The number of aliphatic hydroxyl groups excluding tert-OH is 1. The first-order valence-electron chi connectivity index (χ1n) is 6.75. The molecule has 1 unspecified atom stereocenters. The molecule has 1 fully saturated rings. The summed E-state index contributed by atoms with van der Waals surface area (Å²) in [6.45, 7) is 1.55. The lowest BCUT2D eigenvalue weighted by Gasteiger charge is -2.34. The Morgan fingerprint density at radius 2 is 2.30 bits per heavy atom. The second-order valence-electron chi connectivity index (χ2n) is 5.02. The molecule has 0 spiro atoms. The molecule has 7 nitrogen and oxygen atoms in total. The number of nitrogens with two attached hydrogens (primary N) is 1. The second kappa shape index (κ2) is 6.65. The van der Waals surface area contributed by atoms with Gasteiger partial charge in [0.05, 0.1) is 11.5 Å². The highest BCUT2D eigenvalue weighted by atomic mass is 16.6. The van der Waals surface area contributed by atoms with Crippen LogP contribution >= 0.6 is 0 Å². The highest BCUT2D eigenvalue weighted by molar-refractivity contribution is 5.65. The largest absolute Gasteiger partial charge is 0.395 e. The molecule has 0 saturated carbocycles. The molecule has 0 aromatic heterocycles. The molecule has 4 N–H and O–H groups in total. The molecule has 0 radical (unpaired) electrons. The third kappa shape index (κ3) is 3.06. The van der Waals surface area contributed by atoms with Gasteiger partial charge >= 0.3 is 0 Å². The van der Waals surface area contributed by atoms with Crippen LogP contribution in [0.4, 0.5) is 11.4 Å². The number of aliphatic hydroxyl groups is 1. The van der Waals surface area contributed by atoms with Gasteiger partial charge in [-0.15, -0.1) is 0 Å². The van der Waals surface area contributed by atoms with Gasteiger partial charge in [-0.1, -0.05) is 18.6 Å². The van der Waals surface area contributed by atoms with Crippen molar-refractivity contribution in [3.8, 4) is 0 Å². The first-order chi connectivity index (χ1) is 9.67. The maximum atomic E-state index is 11.0. The van der Waals surface area contributed by atoms with E-state index < -0.39 is 4.92 Å². The molecule has 1 aromatic carbocycles. The van der Waals surface area contributed by atoms with Crippen LogP contribution in [0.3, 0.4) is 0 Å². The van der Waals surface area contributed by atoms with Crippen molar-refractivity contribution in [2.45, 2.75) is 31.8 Å². The van der Waals surface area contributed by atoms with Crippen LogP contribution in [0.2, 0.25) is 0 Å². The standard InChI is InChI=1S/C13H20N4O3/c14-15-13-10(4-3-6-12(13)17(19)20)8-16-7-2-1-5-11(16)9-18/h3-4,6,11,15,18H,1-2,5,7-9,14H2. The number of nitro benzene ring substituents is 1. The second-order valence-corrected chi connectivity index (χ2v) is 5.02. The van der Waals surface area contributed by atoms with Crippen molar-refractivity contribution in [1.82, 2.24) is 4.90 Å². The molecule has 1 saturated heterocycles. The Bertz CT molecular complexity index is 481. The van der Waals surface area contributed by atoms with Gasteiger partial charge in [-0.05, 0) is 24.9 Å². The number of benzene rings is 1.